The topological polar surface area (TPSA) is 138 Å². The second-order valence-electron chi connectivity index (χ2n) is 10.6. The summed E-state index contributed by atoms with van der Waals surface area (Å²) in [6.45, 7) is 8.59. The lowest BCUT2D eigenvalue weighted by atomic mass is 9.85. The van der Waals surface area contributed by atoms with Crippen molar-refractivity contribution < 1.29 is 29.0 Å². The fourth-order valence-electron chi connectivity index (χ4n) is 4.42. The summed E-state index contributed by atoms with van der Waals surface area (Å²) in [5.74, 6) is -1.39. The number of benzene rings is 1. The number of aromatic nitrogens is 1. The second-order valence-corrected chi connectivity index (χ2v) is 11.4. The largest absolute Gasteiger partial charge is 0.391 e. The van der Waals surface area contributed by atoms with Gasteiger partial charge in [-0.05, 0) is 30.4 Å². The van der Waals surface area contributed by atoms with E-state index in [-0.39, 0.29) is 38.1 Å². The third-order valence-corrected chi connectivity index (χ3v) is 7.46. The highest BCUT2D eigenvalue weighted by Crippen LogP contribution is 2.29. The molecule has 3 rings (SSSR count). The Morgan fingerprint density at radius 3 is 2.50 bits per heavy atom. The van der Waals surface area contributed by atoms with Gasteiger partial charge in [0.15, 0.2) is 0 Å². The normalized spacial score (nSPS) is 19.1. The first kappa shape index (κ1) is 29.4. The number of likely N-dealkylation sites (tertiary alicyclic amines) is 1. The minimum absolute atomic E-state index is 0.0156. The third kappa shape index (κ3) is 7.24. The molecular weight excluding hydrogens is 508 g/mol. The lowest BCUT2D eigenvalue weighted by molar-refractivity contribution is -0.144. The number of carbonyl (C=O) groups excluding carboxylic acids is 4. The Kier molecular flexibility index (Phi) is 9.75. The quantitative estimate of drug-likeness (QED) is 0.307. The number of aryl methyl sites for hydroxylation is 1. The maximum Gasteiger partial charge on any atom is 0.246 e. The smallest absolute Gasteiger partial charge is 0.246 e. The molecule has 0 aliphatic carbocycles. The number of amides is 3. The molecule has 1 aliphatic heterocycles. The van der Waals surface area contributed by atoms with E-state index in [1.54, 1.807) is 32.1 Å². The maximum absolute atomic E-state index is 13.6. The Bertz CT molecular complexity index is 1140. The van der Waals surface area contributed by atoms with Gasteiger partial charge in [-0.3, -0.25) is 14.4 Å². The highest BCUT2D eigenvalue weighted by atomic mass is 32.1. The monoisotopic (exact) mass is 544 g/mol. The third-order valence-electron chi connectivity index (χ3n) is 6.48. The Morgan fingerprint density at radius 1 is 1.24 bits per heavy atom. The summed E-state index contributed by atoms with van der Waals surface area (Å²) in [5, 5.41) is 16.0. The summed E-state index contributed by atoms with van der Waals surface area (Å²) in [5.41, 5.74) is 4.04. The maximum atomic E-state index is 13.6. The van der Waals surface area contributed by atoms with Gasteiger partial charge in [0.05, 0.1) is 28.2 Å². The van der Waals surface area contributed by atoms with Crippen LogP contribution in [0.25, 0.3) is 10.4 Å². The molecule has 4 atom stereocenters. The number of nitrogens with one attached hydrogen (secondary N) is 2. The number of carbonyl (C=O) groups is 4. The minimum atomic E-state index is -0.962. The summed E-state index contributed by atoms with van der Waals surface area (Å²) < 4.78 is 4.95. The predicted molar refractivity (Wildman–Crippen MR) is 143 cm³/mol. The van der Waals surface area contributed by atoms with Gasteiger partial charge in [-0.1, -0.05) is 45.0 Å². The van der Waals surface area contributed by atoms with E-state index in [0.29, 0.717) is 6.29 Å². The summed E-state index contributed by atoms with van der Waals surface area (Å²) in [6.07, 6.45) is -0.230. The Hall–Kier alpha value is -3.15. The fourth-order valence-corrected chi connectivity index (χ4v) is 5.23. The van der Waals surface area contributed by atoms with Gasteiger partial charge in [0.25, 0.3) is 0 Å². The summed E-state index contributed by atoms with van der Waals surface area (Å²) >= 11 is 1.57. The first-order valence-corrected chi connectivity index (χ1v) is 13.4. The van der Waals surface area contributed by atoms with Crippen LogP contribution in [0.15, 0.2) is 29.8 Å². The van der Waals surface area contributed by atoms with Gasteiger partial charge in [0.2, 0.25) is 17.7 Å². The van der Waals surface area contributed by atoms with Gasteiger partial charge in [-0.25, -0.2) is 4.98 Å². The first-order chi connectivity index (χ1) is 17.9. The molecule has 0 saturated carbocycles. The van der Waals surface area contributed by atoms with Gasteiger partial charge in [0.1, 0.15) is 31.6 Å². The number of thiazole rings is 1. The molecule has 10 nitrogen and oxygen atoms in total. The van der Waals surface area contributed by atoms with Gasteiger partial charge in [-0.15, -0.1) is 11.3 Å². The van der Waals surface area contributed by atoms with Crippen LogP contribution in [0.1, 0.15) is 51.4 Å². The number of aliphatic hydroxyl groups is 1. The SMILES string of the molecule is Cc1ncsc1-c1ccc(C(C)NC(=O)C2CC(O)CN2C(=O)C(NC(=O)COCC=O)C(C)(C)C)cc1. The number of β-amino-alcohol motifs (C(OH)–C–C–N with tert-alkyl or cyclic N) is 1. The molecule has 38 heavy (non-hydrogen) atoms. The number of hydrogen-bond acceptors (Lipinski definition) is 8. The average molecular weight is 545 g/mol. The number of aldehydes is 1. The summed E-state index contributed by atoms with van der Waals surface area (Å²) in [4.78, 5) is 56.4. The van der Waals surface area contributed by atoms with Crippen LogP contribution in [-0.4, -0.2) is 76.9 Å². The molecule has 3 N–H and O–H groups in total. The molecule has 1 aromatic heterocycles. The van der Waals surface area contributed by atoms with Crippen LogP contribution < -0.4 is 10.6 Å². The Morgan fingerprint density at radius 2 is 1.92 bits per heavy atom. The minimum Gasteiger partial charge on any atom is -0.391 e. The van der Waals surface area contributed by atoms with Crippen LogP contribution in [0.4, 0.5) is 0 Å². The molecule has 2 aromatic rings. The van der Waals surface area contributed by atoms with E-state index in [9.17, 15) is 24.3 Å². The molecule has 11 heteroatoms. The molecule has 3 amide bonds. The van der Waals surface area contributed by atoms with Gasteiger partial charge >= 0.3 is 0 Å². The molecule has 1 aliphatic rings. The van der Waals surface area contributed by atoms with E-state index < -0.39 is 35.4 Å². The number of aliphatic hydroxyl groups excluding tert-OH is 1. The molecule has 1 fully saturated rings. The van der Waals surface area contributed by atoms with Crippen molar-refractivity contribution in [3.63, 3.8) is 0 Å². The van der Waals surface area contributed by atoms with Crippen LogP contribution in [0.5, 0.6) is 0 Å². The number of nitrogens with zero attached hydrogens (tertiary/aromatic N) is 2. The van der Waals surface area contributed by atoms with Crippen molar-refractivity contribution in [3.05, 3.63) is 41.0 Å². The molecule has 2 heterocycles. The van der Waals surface area contributed by atoms with E-state index in [1.807, 2.05) is 43.6 Å². The van der Waals surface area contributed by atoms with Crippen molar-refractivity contribution in [2.75, 3.05) is 19.8 Å². The van der Waals surface area contributed by atoms with Crippen molar-refractivity contribution in [1.29, 1.82) is 0 Å². The van der Waals surface area contributed by atoms with Gasteiger partial charge in [-0.2, -0.15) is 0 Å². The van der Waals surface area contributed by atoms with Crippen molar-refractivity contribution in [2.24, 2.45) is 5.41 Å². The molecule has 206 valence electrons. The van der Waals surface area contributed by atoms with Crippen LogP contribution in [-0.2, 0) is 23.9 Å². The molecule has 4 unspecified atom stereocenters. The first-order valence-electron chi connectivity index (χ1n) is 12.5. The number of hydrogen-bond donors (Lipinski definition) is 3. The van der Waals surface area contributed by atoms with Crippen LogP contribution in [0.2, 0.25) is 0 Å². The summed E-state index contributed by atoms with van der Waals surface area (Å²) in [6, 6.07) is 5.70. The highest BCUT2D eigenvalue weighted by Gasteiger charge is 2.44. The summed E-state index contributed by atoms with van der Waals surface area (Å²) in [7, 11) is 0. The van der Waals surface area contributed by atoms with Crippen LogP contribution in [0.3, 0.4) is 0 Å². The van der Waals surface area contributed by atoms with E-state index in [1.165, 1.54) is 4.90 Å². The van der Waals surface area contributed by atoms with Crippen molar-refractivity contribution >= 4 is 35.3 Å². The van der Waals surface area contributed by atoms with E-state index >= 15 is 0 Å². The van der Waals surface area contributed by atoms with Gasteiger partial charge in [0, 0.05) is 13.0 Å². The highest BCUT2D eigenvalue weighted by molar-refractivity contribution is 7.13. The molecule has 0 bridgehead atoms. The molecule has 1 aromatic carbocycles. The van der Waals surface area contributed by atoms with Crippen molar-refractivity contribution in [3.8, 4) is 10.4 Å². The number of ether oxygens (including phenoxy) is 1. The zero-order valence-electron chi connectivity index (χ0n) is 22.4. The second kappa shape index (κ2) is 12.6. The average Bonchev–Trinajstić information content (AvgIpc) is 3.47. The lowest BCUT2D eigenvalue weighted by Crippen LogP contribution is -2.58. The number of rotatable bonds is 10. The molecule has 0 spiro atoms. The van der Waals surface area contributed by atoms with Gasteiger partial charge < -0.3 is 30.2 Å². The van der Waals surface area contributed by atoms with E-state index in [2.05, 4.69) is 15.6 Å². The lowest BCUT2D eigenvalue weighted by Gasteiger charge is -2.35. The van der Waals surface area contributed by atoms with Crippen molar-refractivity contribution in [1.82, 2.24) is 20.5 Å². The standard InChI is InChI=1S/C27H36N4O6S/c1-16(18-6-8-19(9-7-18)23-17(2)28-15-38-23)29-25(35)21-12-20(33)13-31(21)26(36)24(27(3,4)5)30-22(34)14-37-11-10-32/h6-10,15-16,20-21,24,33H,11-14H2,1-5H3,(H,29,35)(H,30,34). The fraction of sp³-hybridized carbons (Fsp3) is 0.519. The van der Waals surface area contributed by atoms with Crippen LogP contribution in [0, 0.1) is 12.3 Å². The van der Waals surface area contributed by atoms with E-state index in [0.717, 1.165) is 21.7 Å². The molecule has 0 radical (unpaired) electrons. The zero-order chi connectivity index (χ0) is 28.0. The Labute approximate surface area is 226 Å². The van der Waals surface area contributed by atoms with Crippen LogP contribution >= 0.6 is 11.3 Å². The zero-order valence-corrected chi connectivity index (χ0v) is 23.2. The molecular formula is C27H36N4O6S. The Balaban J connectivity index is 1.70. The molecule has 1 saturated heterocycles. The van der Waals surface area contributed by atoms with E-state index in [4.69, 9.17) is 4.74 Å². The predicted octanol–water partition coefficient (Wildman–Crippen LogP) is 2.00. The van der Waals surface area contributed by atoms with Crippen molar-refractivity contribution in [2.45, 2.75) is 65.3 Å².